The molecule has 0 saturated heterocycles. The van der Waals surface area contributed by atoms with Gasteiger partial charge in [0.2, 0.25) is 0 Å². The fraction of sp³-hybridized carbons (Fsp3) is 0.0435. The van der Waals surface area contributed by atoms with Crippen molar-refractivity contribution in [2.45, 2.75) is 6.42 Å². The Morgan fingerprint density at radius 1 is 0.593 bits per heavy atom. The smallest absolute Gasteiger partial charge is 1.00 e. The third-order valence-corrected chi connectivity index (χ3v) is 6.07. The maximum absolute atomic E-state index is 2.99. The number of hydrogen-bond donors (Lipinski definition) is 0. The van der Waals surface area contributed by atoms with Crippen LogP contribution >= 0.6 is 7.92 Å². The summed E-state index contributed by atoms with van der Waals surface area (Å²) in [4.78, 5) is 0. The molecule has 0 spiro atoms. The normalized spacial score (nSPS) is 10.7. The van der Waals surface area contributed by atoms with Crippen LogP contribution in [0.15, 0.2) is 109 Å². The number of halogens is 2. The van der Waals surface area contributed by atoms with Gasteiger partial charge >= 0.3 is 18.6 Å². The molecule has 137 valence electrons. The molecule has 0 atom stereocenters. The minimum Gasteiger partial charge on any atom is -1.00 e. The molecule has 0 aliphatic heterocycles. The summed E-state index contributed by atoms with van der Waals surface area (Å²) in [7, 11) is -0.446. The fourth-order valence-corrected chi connectivity index (χ4v) is 4.82. The van der Waals surface area contributed by atoms with Gasteiger partial charge in [-0.1, -0.05) is 91.0 Å². The molecular formula is C23H20Cl2PV-. The number of rotatable bonds is 3. The van der Waals surface area contributed by atoms with Gasteiger partial charge in [0.05, 0.1) is 0 Å². The zero-order valence-electron chi connectivity index (χ0n) is 14.7. The molecule has 1 radical (unpaired) electrons. The Kier molecular flexibility index (Phi) is 14.1. The molecule has 1 aliphatic carbocycles. The van der Waals surface area contributed by atoms with Gasteiger partial charge in [-0.25, -0.2) is 12.2 Å². The zero-order chi connectivity index (χ0) is 16.5. The SMILES string of the molecule is [C-]1=CC=CC1.[Cl-].[Cl-].[V+2].c1ccc(P(c2ccccc2)c2ccccc2)cc1. The quantitative estimate of drug-likeness (QED) is 0.347. The van der Waals surface area contributed by atoms with Gasteiger partial charge in [0.25, 0.3) is 0 Å². The molecule has 0 unspecified atom stereocenters. The molecule has 4 heteroatoms. The second-order valence-corrected chi connectivity index (χ2v) is 7.57. The van der Waals surface area contributed by atoms with Crippen LogP contribution in [0, 0.1) is 6.08 Å². The van der Waals surface area contributed by atoms with Gasteiger partial charge in [-0.2, -0.15) is 6.08 Å². The van der Waals surface area contributed by atoms with Crippen molar-refractivity contribution in [3.63, 3.8) is 0 Å². The van der Waals surface area contributed by atoms with Gasteiger partial charge in [-0.05, 0) is 23.8 Å². The van der Waals surface area contributed by atoms with Crippen LogP contribution in [0.25, 0.3) is 0 Å². The largest absolute Gasteiger partial charge is 2.00 e. The molecular weight excluding hydrogens is 429 g/mol. The van der Waals surface area contributed by atoms with E-state index in [-0.39, 0.29) is 43.4 Å². The molecule has 0 fully saturated rings. The third-order valence-electron chi connectivity index (χ3n) is 3.63. The monoisotopic (exact) mass is 448 g/mol. The van der Waals surface area contributed by atoms with Crippen molar-refractivity contribution in [3.8, 4) is 0 Å². The molecule has 27 heavy (non-hydrogen) atoms. The van der Waals surface area contributed by atoms with E-state index in [1.165, 1.54) is 15.9 Å². The molecule has 0 aromatic heterocycles. The van der Waals surface area contributed by atoms with Crippen LogP contribution < -0.4 is 40.7 Å². The molecule has 3 aromatic carbocycles. The topological polar surface area (TPSA) is 0 Å². The number of benzene rings is 3. The molecule has 0 saturated carbocycles. The maximum Gasteiger partial charge on any atom is 2.00 e. The Bertz CT molecular complexity index is 686. The Morgan fingerprint density at radius 2 is 0.963 bits per heavy atom. The van der Waals surface area contributed by atoms with Crippen LogP contribution in [-0.2, 0) is 18.6 Å². The minimum absolute atomic E-state index is 0. The Morgan fingerprint density at radius 3 is 1.19 bits per heavy atom. The average Bonchev–Trinajstić information content (AvgIpc) is 3.25. The standard InChI is InChI=1S/C18H15P.C5H5.2ClH.V/c1-4-10-16(11-5-1)19(17-12-6-2-7-13-17)18-14-8-3-9-15-18;1-2-4-5-3-1;;;/h1-15H;1-3H,4H2;2*1H;/q;-1;;;+2/p-2. The van der Waals surface area contributed by atoms with E-state index in [9.17, 15) is 0 Å². The first-order valence-electron chi connectivity index (χ1n) is 8.12. The molecule has 4 rings (SSSR count). The summed E-state index contributed by atoms with van der Waals surface area (Å²) in [5.41, 5.74) is 0. The van der Waals surface area contributed by atoms with E-state index in [2.05, 4.69) is 103 Å². The van der Waals surface area contributed by atoms with Crippen LogP contribution in [0.4, 0.5) is 0 Å². The Labute approximate surface area is 188 Å². The summed E-state index contributed by atoms with van der Waals surface area (Å²) in [6.45, 7) is 0. The summed E-state index contributed by atoms with van der Waals surface area (Å²) < 4.78 is 0. The van der Waals surface area contributed by atoms with Gasteiger partial charge < -0.3 is 24.8 Å². The Hall–Kier alpha value is -1.27. The fourth-order valence-electron chi connectivity index (χ4n) is 2.52. The molecule has 3 aromatic rings. The summed E-state index contributed by atoms with van der Waals surface area (Å²) in [5, 5.41) is 4.19. The first kappa shape index (κ1) is 25.7. The van der Waals surface area contributed by atoms with E-state index in [0.29, 0.717) is 0 Å². The molecule has 0 heterocycles. The maximum atomic E-state index is 2.99. The number of allylic oxidation sites excluding steroid dienone is 4. The van der Waals surface area contributed by atoms with Crippen LogP contribution in [-0.4, -0.2) is 0 Å². The van der Waals surface area contributed by atoms with Gasteiger partial charge in [0.15, 0.2) is 0 Å². The zero-order valence-corrected chi connectivity index (χ0v) is 18.6. The van der Waals surface area contributed by atoms with E-state index in [1.54, 1.807) is 0 Å². The molecule has 0 nitrogen and oxygen atoms in total. The minimum atomic E-state index is -0.446. The van der Waals surface area contributed by atoms with Crippen molar-refractivity contribution < 1.29 is 43.4 Å². The Balaban J connectivity index is 0.000000742. The van der Waals surface area contributed by atoms with Crippen LogP contribution in [0.5, 0.6) is 0 Å². The first-order valence-corrected chi connectivity index (χ1v) is 9.46. The summed E-state index contributed by atoms with van der Waals surface area (Å²) >= 11 is 0. The van der Waals surface area contributed by atoms with E-state index in [0.717, 1.165) is 6.42 Å². The van der Waals surface area contributed by atoms with E-state index in [1.807, 2.05) is 12.2 Å². The third kappa shape index (κ3) is 8.10. The predicted octanol–water partition coefficient (Wildman–Crippen LogP) is -1.24. The van der Waals surface area contributed by atoms with Crippen molar-refractivity contribution in [3.05, 3.63) is 115 Å². The second kappa shape index (κ2) is 14.8. The van der Waals surface area contributed by atoms with Crippen LogP contribution in [0.3, 0.4) is 0 Å². The molecule has 0 bridgehead atoms. The van der Waals surface area contributed by atoms with Gasteiger partial charge in [0, 0.05) is 0 Å². The van der Waals surface area contributed by atoms with Crippen LogP contribution in [0.1, 0.15) is 6.42 Å². The first-order chi connectivity index (χ1) is 11.9. The average molecular weight is 449 g/mol. The summed E-state index contributed by atoms with van der Waals surface area (Å²) in [5.74, 6) is 0. The van der Waals surface area contributed by atoms with Crippen LogP contribution in [0.2, 0.25) is 0 Å². The van der Waals surface area contributed by atoms with Crippen molar-refractivity contribution in [1.29, 1.82) is 0 Å². The van der Waals surface area contributed by atoms with E-state index >= 15 is 0 Å². The predicted molar refractivity (Wildman–Crippen MR) is 107 cm³/mol. The van der Waals surface area contributed by atoms with Crippen molar-refractivity contribution >= 4 is 23.8 Å². The molecule has 1 aliphatic rings. The van der Waals surface area contributed by atoms with Crippen molar-refractivity contribution in [2.75, 3.05) is 0 Å². The molecule has 0 amide bonds. The summed E-state index contributed by atoms with van der Waals surface area (Å²) in [6, 6.07) is 32.3. The van der Waals surface area contributed by atoms with E-state index < -0.39 is 7.92 Å². The van der Waals surface area contributed by atoms with Gasteiger partial charge in [-0.3, -0.25) is 6.08 Å². The summed E-state index contributed by atoms with van der Waals surface area (Å²) in [6.07, 6.45) is 10.0. The number of hydrogen-bond acceptors (Lipinski definition) is 0. The molecule has 0 N–H and O–H groups in total. The second-order valence-electron chi connectivity index (χ2n) is 5.35. The van der Waals surface area contributed by atoms with E-state index in [4.69, 9.17) is 0 Å². The van der Waals surface area contributed by atoms with Crippen molar-refractivity contribution in [2.24, 2.45) is 0 Å². The van der Waals surface area contributed by atoms with Gasteiger partial charge in [-0.15, -0.1) is 6.42 Å². The van der Waals surface area contributed by atoms with Gasteiger partial charge in [0.1, 0.15) is 0 Å². The van der Waals surface area contributed by atoms with Crippen molar-refractivity contribution in [1.82, 2.24) is 0 Å².